The van der Waals surface area contributed by atoms with E-state index in [1.54, 1.807) is 18.2 Å². The van der Waals surface area contributed by atoms with E-state index in [1.807, 2.05) is 48.5 Å². The molecule has 21 heteroatoms. The molecule has 132 heavy (non-hydrogen) atoms. The Morgan fingerprint density at radius 1 is 0.265 bits per heavy atom. The van der Waals surface area contributed by atoms with Crippen LogP contribution in [0, 0.1) is 111 Å². The molecule has 720 valence electrons. The van der Waals surface area contributed by atoms with Gasteiger partial charge in [-0.15, -0.1) is 0 Å². The third-order valence-corrected chi connectivity index (χ3v) is 32.5. The molecule has 0 aromatic heterocycles. The molecule has 12 nitrogen and oxygen atoms in total. The Bertz CT molecular complexity index is 4710. The van der Waals surface area contributed by atoms with Crippen LogP contribution in [-0.4, -0.2) is 147 Å². The molecule has 0 saturated carbocycles. The number of alkyl halides is 6. The van der Waals surface area contributed by atoms with Crippen LogP contribution >= 0.6 is 34.8 Å². The minimum Gasteiger partial charge on any atom is -0.316 e. The largest absolute Gasteiger partial charge is 0.416 e. The van der Waals surface area contributed by atoms with Crippen LogP contribution in [0.25, 0.3) is 29.1 Å². The van der Waals surface area contributed by atoms with Crippen molar-refractivity contribution in [2.45, 2.75) is 260 Å². The highest BCUT2D eigenvalue weighted by molar-refractivity contribution is 6.31. The first-order valence-electron chi connectivity index (χ1n) is 47.6. The molecule has 0 spiro atoms. The van der Waals surface area contributed by atoms with Crippen LogP contribution in [0.4, 0.5) is 26.3 Å². The Labute approximate surface area is 807 Å². The van der Waals surface area contributed by atoms with Gasteiger partial charge in [0.25, 0.3) is 0 Å². The van der Waals surface area contributed by atoms with E-state index in [0.29, 0.717) is 57.9 Å². The van der Waals surface area contributed by atoms with Gasteiger partial charge in [0.2, 0.25) is 39.3 Å². The summed E-state index contributed by atoms with van der Waals surface area (Å²) in [5.41, 5.74) is 8.66. The molecule has 12 rings (SSSR count). The second-order valence-electron chi connectivity index (χ2n) is 44.9. The summed E-state index contributed by atoms with van der Waals surface area (Å²) < 4.78 is 76.3. The molecule has 0 atom stereocenters. The standard InChI is InChI=1S/2C19H25F3N2.C19H28N2.3C18H25ClN2/c1-17(2,3)18(14-23-4)9-11-24(12-10-18)13-15-5-7-16(8-6-15)19(20,21)22;1-17(2,3)18(14-23-4)8-10-24(11-9-18)13-15-6-5-7-16(12-15)19(20,21)22;1-16-8-6-7-9-17(16)14-21-12-10-19(11-13-21,15-20-5)18(2,3)4;1-17(2,3)18(14-20-4)9-11-21(12-10-18)13-15-5-7-16(19)8-6-15;1-17(2,3)18(14-20-4)8-10-21(11-9-18)13-15-6-5-7-16(19)12-15;1-17(2,3)18(14-20-4)9-11-21(12-10-18)13-15-7-5-6-8-16(15)19/h5-8H,9-14H2,1-3H3;5-7,12H,8-11,13-14H2,1-3H3;6-9H,10-15H2,1-4H3;5-8H,9-14H2,1-3H3;5-7,12H,8-11,13-14H2,1-3H3;5-8H,9-14H2,1-3H3. The zero-order chi connectivity index (χ0) is 98.1. The SMILES string of the molecule is [C-]#[N+]CC1(C(C)(C)C)CCN(Cc2ccc(C(F)(F)F)cc2)CC1.[C-]#[N+]CC1(C(C)(C)C)CCN(Cc2ccc(Cl)cc2)CC1.[C-]#[N+]CC1(C(C)(C)C)CCN(Cc2cccc(C(F)(F)F)c2)CC1.[C-]#[N+]CC1(C(C)(C)C)CCN(Cc2cccc(Cl)c2)CC1.[C-]#[N+]CC1(C(C)(C)C)CCN(Cc2ccccc2C)CC1.[C-]#[N+]CC1(C(C)(C)C)CCN(Cc2ccccc2Cl)CC1. The van der Waals surface area contributed by atoms with Gasteiger partial charge in [-0.1, -0.05) is 256 Å². The minimum absolute atomic E-state index is 0.000925. The van der Waals surface area contributed by atoms with Crippen molar-refractivity contribution in [3.8, 4) is 0 Å². The molecular formula is C111H153Cl3F6N12. The fraction of sp³-hybridized carbons (Fsp3) is 0.622. The first-order valence-corrected chi connectivity index (χ1v) is 48.7. The number of benzene rings is 6. The summed E-state index contributed by atoms with van der Waals surface area (Å²) in [4.78, 5) is 36.7. The maximum atomic E-state index is 12.8. The van der Waals surface area contributed by atoms with E-state index in [2.05, 4.69) is 239 Å². The summed E-state index contributed by atoms with van der Waals surface area (Å²) in [7, 11) is 0. The number of likely N-dealkylation sites (tertiary alicyclic amines) is 6. The predicted molar refractivity (Wildman–Crippen MR) is 536 cm³/mol. The summed E-state index contributed by atoms with van der Waals surface area (Å²) >= 11 is 18.2. The van der Waals surface area contributed by atoms with Gasteiger partial charge in [-0.25, -0.2) is 39.4 Å². The second-order valence-corrected chi connectivity index (χ2v) is 46.2. The number of aryl methyl sites for hydroxylation is 1. The van der Waals surface area contributed by atoms with Crippen LogP contribution in [-0.2, 0) is 51.6 Å². The maximum Gasteiger partial charge on any atom is 0.416 e. The van der Waals surface area contributed by atoms with Gasteiger partial charge in [0.05, 0.1) is 11.1 Å². The van der Waals surface area contributed by atoms with Crippen molar-refractivity contribution in [1.82, 2.24) is 29.4 Å². The quantitative estimate of drug-likeness (QED) is 0.0631. The molecule has 0 unspecified atom stereocenters. The lowest BCUT2D eigenvalue weighted by molar-refractivity contribution is -0.138. The van der Waals surface area contributed by atoms with Crippen LogP contribution in [0.15, 0.2) is 146 Å². The lowest BCUT2D eigenvalue weighted by Gasteiger charge is -2.46. The molecule has 6 heterocycles. The molecule has 6 aliphatic heterocycles. The van der Waals surface area contributed by atoms with Gasteiger partial charge < -0.3 is 29.1 Å². The van der Waals surface area contributed by atoms with Gasteiger partial charge in [0, 0.05) is 86.8 Å². The van der Waals surface area contributed by atoms with Crippen molar-refractivity contribution in [3.63, 3.8) is 0 Å². The zero-order valence-corrected chi connectivity index (χ0v) is 85.3. The van der Waals surface area contributed by atoms with E-state index in [9.17, 15) is 26.3 Å². The van der Waals surface area contributed by atoms with Crippen molar-refractivity contribution < 1.29 is 26.3 Å². The number of rotatable bonds is 18. The molecule has 6 aliphatic rings. The molecule has 6 aromatic carbocycles. The van der Waals surface area contributed by atoms with E-state index < -0.39 is 23.5 Å². The fourth-order valence-corrected chi connectivity index (χ4v) is 20.9. The number of nitrogens with zero attached hydrogens (tertiary/aromatic N) is 12. The molecule has 0 amide bonds. The van der Waals surface area contributed by atoms with Gasteiger partial charge in [-0.05, 0) is 282 Å². The lowest BCUT2D eigenvalue weighted by Crippen LogP contribution is -2.48. The number of piperidine rings is 6. The van der Waals surface area contributed by atoms with Crippen molar-refractivity contribution in [1.29, 1.82) is 0 Å². The second kappa shape index (κ2) is 48.0. The van der Waals surface area contributed by atoms with Crippen molar-refractivity contribution in [3.05, 3.63) is 279 Å². The highest BCUT2D eigenvalue weighted by atomic mass is 35.5. The Morgan fingerprint density at radius 2 is 0.515 bits per heavy atom. The van der Waals surface area contributed by atoms with Gasteiger partial charge in [0.15, 0.2) is 0 Å². The topological polar surface area (TPSA) is 45.6 Å². The van der Waals surface area contributed by atoms with Gasteiger partial charge in [-0.2, -0.15) is 26.3 Å². The van der Waals surface area contributed by atoms with E-state index >= 15 is 0 Å². The van der Waals surface area contributed by atoms with Crippen LogP contribution in [0.3, 0.4) is 0 Å². The van der Waals surface area contributed by atoms with Crippen LogP contribution < -0.4 is 0 Å². The average molecular weight is 1880 g/mol. The molecule has 6 aromatic rings. The molecule has 0 N–H and O–H groups in total. The molecule has 6 saturated heterocycles. The first-order chi connectivity index (χ1) is 61.6. The smallest absolute Gasteiger partial charge is 0.316 e. The Balaban J connectivity index is 0.000000217. The summed E-state index contributed by atoms with van der Waals surface area (Å²) in [5.74, 6) is 0. The summed E-state index contributed by atoms with van der Waals surface area (Å²) in [6, 6.07) is 44.0. The molecule has 0 bridgehead atoms. The van der Waals surface area contributed by atoms with E-state index in [0.717, 1.165) is 221 Å². The summed E-state index contributed by atoms with van der Waals surface area (Å²) in [5, 5.41) is 2.45. The average Bonchev–Trinajstić information content (AvgIpc) is 0.803. The summed E-state index contributed by atoms with van der Waals surface area (Å²) in [6.45, 7) is 107. The fourth-order valence-electron chi connectivity index (χ4n) is 20.4. The number of halogens is 9. The number of hydrogen-bond donors (Lipinski definition) is 0. The van der Waals surface area contributed by atoms with E-state index in [4.69, 9.17) is 74.2 Å². The van der Waals surface area contributed by atoms with Crippen molar-refractivity contribution in [2.75, 3.05) is 118 Å². The van der Waals surface area contributed by atoms with Crippen LogP contribution in [0.5, 0.6) is 0 Å². The zero-order valence-electron chi connectivity index (χ0n) is 83.1. The third kappa shape index (κ3) is 31.2. The molecule has 0 radical (unpaired) electrons. The monoisotopic (exact) mass is 1870 g/mol. The first kappa shape index (κ1) is 111. The van der Waals surface area contributed by atoms with Gasteiger partial charge in [-0.3, -0.25) is 29.4 Å². The Hall–Kier alpha value is -7.53. The maximum absolute atomic E-state index is 12.8. The van der Waals surface area contributed by atoms with Crippen molar-refractivity contribution in [2.24, 2.45) is 65.0 Å². The Kier molecular flexibility index (Phi) is 40.5. The molecule has 6 fully saturated rings. The normalized spacial score (nSPS) is 19.1. The number of hydrogen-bond acceptors (Lipinski definition) is 6. The third-order valence-electron chi connectivity index (χ3n) is 31.7. The lowest BCUT2D eigenvalue weighted by atomic mass is 9.61. The van der Waals surface area contributed by atoms with E-state index in [1.165, 1.54) is 39.9 Å². The van der Waals surface area contributed by atoms with E-state index in [-0.39, 0.29) is 65.0 Å². The van der Waals surface area contributed by atoms with Crippen LogP contribution in [0.1, 0.15) is 252 Å². The van der Waals surface area contributed by atoms with Crippen molar-refractivity contribution >= 4 is 34.8 Å². The predicted octanol–water partition coefficient (Wildman–Crippen LogP) is 29.7. The minimum atomic E-state index is -4.30. The Morgan fingerprint density at radius 3 is 0.788 bits per heavy atom. The molecular weight excluding hydrogens is 1720 g/mol. The van der Waals surface area contributed by atoms with Crippen LogP contribution in [0.2, 0.25) is 15.1 Å². The summed E-state index contributed by atoms with van der Waals surface area (Å²) in [6.07, 6.45) is 4.11. The highest BCUT2D eigenvalue weighted by Gasteiger charge is 2.53. The highest BCUT2D eigenvalue weighted by Crippen LogP contribution is 2.54. The van der Waals surface area contributed by atoms with Gasteiger partial charge >= 0.3 is 12.4 Å². The molecule has 0 aliphatic carbocycles. The van der Waals surface area contributed by atoms with Gasteiger partial charge in [0.1, 0.15) is 0 Å².